The first-order valence-electron chi connectivity index (χ1n) is 6.68. The molecule has 0 heterocycles. The molecule has 2 unspecified atom stereocenters. The van der Waals surface area contributed by atoms with Gasteiger partial charge in [0.1, 0.15) is 0 Å². The number of benzene rings is 1. The molecule has 1 aliphatic rings. The molecule has 1 aromatic carbocycles. The predicted molar refractivity (Wildman–Crippen MR) is 72.5 cm³/mol. The maximum atomic E-state index is 12.9. The van der Waals surface area contributed by atoms with E-state index in [0.717, 1.165) is 25.3 Å². The number of nitrogen functional groups attached to an aromatic ring is 1. The third-order valence-electron chi connectivity index (χ3n) is 3.94. The van der Waals surface area contributed by atoms with E-state index in [0.29, 0.717) is 12.1 Å². The van der Waals surface area contributed by atoms with Gasteiger partial charge in [0.2, 0.25) is 0 Å². The molecule has 0 spiro atoms. The molecule has 3 nitrogen and oxygen atoms in total. The van der Waals surface area contributed by atoms with E-state index in [2.05, 4.69) is 0 Å². The van der Waals surface area contributed by atoms with E-state index in [1.807, 2.05) is 0 Å². The van der Waals surface area contributed by atoms with Gasteiger partial charge >= 0.3 is 6.18 Å². The van der Waals surface area contributed by atoms with Crippen molar-refractivity contribution in [3.8, 4) is 0 Å². The van der Waals surface area contributed by atoms with Gasteiger partial charge in [-0.3, -0.25) is 0 Å². The quantitative estimate of drug-likeness (QED) is 0.822. The van der Waals surface area contributed by atoms with E-state index in [9.17, 15) is 18.3 Å². The fourth-order valence-corrected chi connectivity index (χ4v) is 2.74. The van der Waals surface area contributed by atoms with Crippen LogP contribution < -0.4 is 10.6 Å². The lowest BCUT2D eigenvalue weighted by Gasteiger charge is -2.37. The number of aliphatic hydroxyl groups is 1. The minimum Gasteiger partial charge on any atom is -0.398 e. The second-order valence-corrected chi connectivity index (χ2v) is 5.30. The third-order valence-corrected chi connectivity index (χ3v) is 3.94. The Morgan fingerprint density at radius 2 is 1.90 bits per heavy atom. The Morgan fingerprint density at radius 1 is 1.25 bits per heavy atom. The van der Waals surface area contributed by atoms with Crippen molar-refractivity contribution in [2.24, 2.45) is 0 Å². The lowest BCUT2D eigenvalue weighted by atomic mass is 9.91. The van der Waals surface area contributed by atoms with Crippen molar-refractivity contribution >= 4 is 11.4 Å². The van der Waals surface area contributed by atoms with Gasteiger partial charge in [-0.1, -0.05) is 12.8 Å². The monoisotopic (exact) mass is 288 g/mol. The van der Waals surface area contributed by atoms with E-state index in [1.165, 1.54) is 6.07 Å². The summed E-state index contributed by atoms with van der Waals surface area (Å²) in [6.07, 6.45) is -1.56. The Bertz CT molecular complexity index is 476. The summed E-state index contributed by atoms with van der Waals surface area (Å²) < 4.78 is 38.6. The summed E-state index contributed by atoms with van der Waals surface area (Å²) in [5.74, 6) is 0. The van der Waals surface area contributed by atoms with Gasteiger partial charge < -0.3 is 15.7 Å². The summed E-state index contributed by atoms with van der Waals surface area (Å²) in [6, 6.07) is 3.74. The van der Waals surface area contributed by atoms with Crippen molar-refractivity contribution in [1.29, 1.82) is 0 Å². The molecular formula is C14H19F3N2O. The van der Waals surface area contributed by atoms with Crippen LogP contribution in [0.5, 0.6) is 0 Å². The Balaban J connectivity index is 2.28. The van der Waals surface area contributed by atoms with Crippen LogP contribution in [0.4, 0.5) is 24.5 Å². The Kier molecular flexibility index (Phi) is 4.13. The molecule has 0 aromatic heterocycles. The second-order valence-electron chi connectivity index (χ2n) is 5.30. The van der Waals surface area contributed by atoms with Crippen LogP contribution >= 0.6 is 0 Å². The maximum Gasteiger partial charge on any atom is 0.418 e. The molecule has 1 aromatic rings. The zero-order valence-corrected chi connectivity index (χ0v) is 11.3. The number of hydrogen-bond acceptors (Lipinski definition) is 3. The van der Waals surface area contributed by atoms with Gasteiger partial charge in [0.15, 0.2) is 0 Å². The van der Waals surface area contributed by atoms with E-state index < -0.39 is 17.8 Å². The van der Waals surface area contributed by atoms with Crippen LogP contribution in [0.15, 0.2) is 18.2 Å². The summed E-state index contributed by atoms with van der Waals surface area (Å²) in [5.41, 5.74) is 4.72. The molecule has 0 radical (unpaired) electrons. The Labute approximate surface area is 116 Å². The van der Waals surface area contributed by atoms with Gasteiger partial charge in [-0.2, -0.15) is 13.2 Å². The zero-order chi connectivity index (χ0) is 14.9. The van der Waals surface area contributed by atoms with E-state index >= 15 is 0 Å². The smallest absolute Gasteiger partial charge is 0.398 e. The SMILES string of the molecule is CN(c1ccc(N)c(C(F)(F)F)c1)C1CCCCC1O. The number of halogens is 3. The summed E-state index contributed by atoms with van der Waals surface area (Å²) in [5, 5.41) is 10.00. The molecule has 1 saturated carbocycles. The van der Waals surface area contributed by atoms with E-state index in [1.54, 1.807) is 18.0 Å². The molecule has 2 rings (SSSR count). The fourth-order valence-electron chi connectivity index (χ4n) is 2.74. The zero-order valence-electron chi connectivity index (χ0n) is 11.3. The van der Waals surface area contributed by atoms with Crippen LogP contribution in [0.3, 0.4) is 0 Å². The van der Waals surface area contributed by atoms with Crippen molar-refractivity contribution < 1.29 is 18.3 Å². The molecule has 20 heavy (non-hydrogen) atoms. The van der Waals surface area contributed by atoms with Crippen LogP contribution in [-0.2, 0) is 6.18 Å². The van der Waals surface area contributed by atoms with E-state index in [-0.39, 0.29) is 11.7 Å². The summed E-state index contributed by atoms with van der Waals surface area (Å²) in [6.45, 7) is 0. The minimum absolute atomic E-state index is 0.145. The highest BCUT2D eigenvalue weighted by Gasteiger charge is 2.34. The predicted octanol–water partition coefficient (Wildman–Crippen LogP) is 3.03. The van der Waals surface area contributed by atoms with Gasteiger partial charge in [0.25, 0.3) is 0 Å². The summed E-state index contributed by atoms with van der Waals surface area (Å²) in [4.78, 5) is 1.72. The van der Waals surface area contributed by atoms with Gasteiger partial charge in [-0.15, -0.1) is 0 Å². The fraction of sp³-hybridized carbons (Fsp3) is 0.571. The summed E-state index contributed by atoms with van der Waals surface area (Å²) in [7, 11) is 1.71. The normalized spacial score (nSPS) is 23.6. The molecular weight excluding hydrogens is 269 g/mol. The van der Waals surface area contributed by atoms with Gasteiger partial charge in [0, 0.05) is 18.4 Å². The first kappa shape index (κ1) is 15.0. The van der Waals surface area contributed by atoms with Crippen molar-refractivity contribution in [1.82, 2.24) is 0 Å². The first-order valence-corrected chi connectivity index (χ1v) is 6.68. The Hall–Kier alpha value is -1.43. The van der Waals surface area contributed by atoms with Crippen molar-refractivity contribution in [3.63, 3.8) is 0 Å². The van der Waals surface area contributed by atoms with Crippen LogP contribution in [0.1, 0.15) is 31.2 Å². The second kappa shape index (κ2) is 5.52. The van der Waals surface area contributed by atoms with Crippen molar-refractivity contribution in [3.05, 3.63) is 23.8 Å². The largest absolute Gasteiger partial charge is 0.418 e. The van der Waals surface area contributed by atoms with Crippen molar-refractivity contribution in [2.45, 2.75) is 44.0 Å². The number of anilines is 2. The molecule has 1 fully saturated rings. The molecule has 1 aliphatic carbocycles. The molecule has 0 amide bonds. The number of nitrogens with zero attached hydrogens (tertiary/aromatic N) is 1. The van der Waals surface area contributed by atoms with Crippen LogP contribution in [0.2, 0.25) is 0 Å². The molecule has 112 valence electrons. The number of hydrogen-bond donors (Lipinski definition) is 2. The molecule has 3 N–H and O–H groups in total. The van der Waals surface area contributed by atoms with Gasteiger partial charge in [-0.05, 0) is 31.0 Å². The minimum atomic E-state index is -4.47. The molecule has 0 saturated heterocycles. The standard InChI is InChI=1S/C14H19F3N2O/c1-19(12-4-2-3-5-13(12)20)9-6-7-11(18)10(8-9)14(15,16)17/h6-8,12-13,20H,2-5,18H2,1H3. The average Bonchev–Trinajstić information content (AvgIpc) is 2.37. The number of rotatable bonds is 2. The van der Waals surface area contributed by atoms with E-state index in [4.69, 9.17) is 5.73 Å². The number of alkyl halides is 3. The molecule has 0 bridgehead atoms. The van der Waals surface area contributed by atoms with Crippen LogP contribution in [0, 0.1) is 0 Å². The maximum absolute atomic E-state index is 12.9. The number of nitrogens with two attached hydrogens (primary N) is 1. The lowest BCUT2D eigenvalue weighted by molar-refractivity contribution is -0.136. The topological polar surface area (TPSA) is 49.5 Å². The third kappa shape index (κ3) is 3.00. The average molecular weight is 288 g/mol. The van der Waals surface area contributed by atoms with Crippen molar-refractivity contribution in [2.75, 3.05) is 17.7 Å². The Morgan fingerprint density at radius 3 is 2.50 bits per heavy atom. The number of likely N-dealkylation sites (N-methyl/N-ethyl adjacent to an activating group) is 1. The first-order chi connectivity index (χ1) is 9.30. The molecule has 6 heteroatoms. The van der Waals surface area contributed by atoms with Crippen LogP contribution in [-0.4, -0.2) is 24.3 Å². The molecule has 0 aliphatic heterocycles. The molecule has 2 atom stereocenters. The lowest BCUT2D eigenvalue weighted by Crippen LogP contribution is -2.43. The van der Waals surface area contributed by atoms with Crippen LogP contribution in [0.25, 0.3) is 0 Å². The highest BCUT2D eigenvalue weighted by molar-refractivity contribution is 5.59. The highest BCUT2D eigenvalue weighted by Crippen LogP contribution is 2.37. The van der Waals surface area contributed by atoms with Gasteiger partial charge in [-0.25, -0.2) is 0 Å². The van der Waals surface area contributed by atoms with Gasteiger partial charge in [0.05, 0.1) is 17.7 Å². The highest BCUT2D eigenvalue weighted by atomic mass is 19.4. The number of aliphatic hydroxyl groups excluding tert-OH is 1. The summed E-state index contributed by atoms with van der Waals surface area (Å²) >= 11 is 0.